The molecule has 2 nitrogen and oxygen atoms in total. The molecule has 1 fully saturated rings. The van der Waals surface area contributed by atoms with Gasteiger partial charge in [-0.2, -0.15) is 0 Å². The van der Waals surface area contributed by atoms with Crippen LogP contribution in [0, 0.1) is 17.6 Å². The molecule has 1 aliphatic rings. The van der Waals surface area contributed by atoms with Crippen molar-refractivity contribution in [1.29, 1.82) is 0 Å². The van der Waals surface area contributed by atoms with Crippen molar-refractivity contribution >= 4 is 5.69 Å². The van der Waals surface area contributed by atoms with E-state index in [1.165, 1.54) is 0 Å². The Hall–Kier alpha value is -1.32. The van der Waals surface area contributed by atoms with E-state index >= 15 is 0 Å². The molecule has 4 heteroatoms. The first-order valence-electron chi connectivity index (χ1n) is 5.97. The third-order valence-electron chi connectivity index (χ3n) is 3.31. The summed E-state index contributed by atoms with van der Waals surface area (Å²) in [5.41, 5.74) is 5.08. The molecule has 1 saturated carbocycles. The lowest BCUT2D eigenvalue weighted by molar-refractivity contribution is 0.130. The lowest BCUT2D eigenvalue weighted by Gasteiger charge is -2.27. The van der Waals surface area contributed by atoms with Crippen molar-refractivity contribution in [1.82, 2.24) is 0 Å². The molecule has 0 atom stereocenters. The largest absolute Gasteiger partial charge is 0.487 e. The minimum atomic E-state index is -0.634. The van der Waals surface area contributed by atoms with Gasteiger partial charge in [-0.3, -0.25) is 0 Å². The first kappa shape index (κ1) is 12.1. The van der Waals surface area contributed by atoms with Crippen LogP contribution >= 0.6 is 0 Å². The average molecular weight is 241 g/mol. The van der Waals surface area contributed by atoms with Crippen molar-refractivity contribution in [3.63, 3.8) is 0 Å². The van der Waals surface area contributed by atoms with Gasteiger partial charge in [0.1, 0.15) is 5.82 Å². The summed E-state index contributed by atoms with van der Waals surface area (Å²) in [4.78, 5) is 0. The van der Waals surface area contributed by atoms with E-state index in [-0.39, 0.29) is 17.5 Å². The summed E-state index contributed by atoms with van der Waals surface area (Å²) in [7, 11) is 0. The molecule has 0 heterocycles. The van der Waals surface area contributed by atoms with Gasteiger partial charge in [-0.05, 0) is 31.6 Å². The summed E-state index contributed by atoms with van der Waals surface area (Å²) >= 11 is 0. The summed E-state index contributed by atoms with van der Waals surface area (Å²) in [6, 6.07) is 2.00. The van der Waals surface area contributed by atoms with Gasteiger partial charge in [0.25, 0.3) is 0 Å². The van der Waals surface area contributed by atoms with Gasteiger partial charge in [0, 0.05) is 12.1 Å². The van der Waals surface area contributed by atoms with Crippen molar-refractivity contribution in [2.75, 3.05) is 5.73 Å². The van der Waals surface area contributed by atoms with E-state index in [2.05, 4.69) is 6.92 Å². The monoisotopic (exact) mass is 241 g/mol. The number of rotatable bonds is 2. The SMILES string of the molecule is CC1CCC(Oc2cc(F)c(N)cc2F)CC1. The van der Waals surface area contributed by atoms with Crippen molar-refractivity contribution in [3.05, 3.63) is 23.8 Å². The van der Waals surface area contributed by atoms with E-state index < -0.39 is 11.6 Å². The number of anilines is 1. The van der Waals surface area contributed by atoms with Crippen molar-refractivity contribution in [2.24, 2.45) is 5.92 Å². The summed E-state index contributed by atoms with van der Waals surface area (Å²) in [6.45, 7) is 2.19. The Morgan fingerprint density at radius 2 is 1.76 bits per heavy atom. The van der Waals surface area contributed by atoms with Gasteiger partial charge >= 0.3 is 0 Å². The summed E-state index contributed by atoms with van der Waals surface area (Å²) in [6.07, 6.45) is 3.93. The van der Waals surface area contributed by atoms with Crippen LogP contribution in [0.2, 0.25) is 0 Å². The topological polar surface area (TPSA) is 35.2 Å². The van der Waals surface area contributed by atoms with E-state index in [9.17, 15) is 8.78 Å². The number of nitrogen functional groups attached to an aromatic ring is 1. The lowest BCUT2D eigenvalue weighted by atomic mass is 9.89. The molecule has 0 radical (unpaired) electrons. The third kappa shape index (κ3) is 2.87. The molecule has 0 spiro atoms. The molecule has 0 aromatic heterocycles. The summed E-state index contributed by atoms with van der Waals surface area (Å²) < 4.78 is 32.2. The van der Waals surface area contributed by atoms with E-state index in [1.807, 2.05) is 0 Å². The summed E-state index contributed by atoms with van der Waals surface area (Å²) in [5, 5.41) is 0. The van der Waals surface area contributed by atoms with Crippen LogP contribution in [-0.2, 0) is 0 Å². The van der Waals surface area contributed by atoms with Crippen LogP contribution < -0.4 is 10.5 Å². The normalized spacial score (nSPS) is 24.6. The standard InChI is InChI=1S/C13H17F2NO/c1-8-2-4-9(5-3-8)17-13-7-10(14)12(16)6-11(13)15/h6-9H,2-5,16H2,1H3. The maximum Gasteiger partial charge on any atom is 0.167 e. The van der Waals surface area contributed by atoms with Gasteiger partial charge in [0.15, 0.2) is 11.6 Å². The predicted molar refractivity (Wildman–Crippen MR) is 62.8 cm³/mol. The Morgan fingerprint density at radius 1 is 1.12 bits per heavy atom. The van der Waals surface area contributed by atoms with Gasteiger partial charge in [0.05, 0.1) is 11.8 Å². The Balaban J connectivity index is 2.06. The number of ether oxygens (including phenoxy) is 1. The second kappa shape index (κ2) is 4.90. The van der Waals surface area contributed by atoms with Crippen molar-refractivity contribution in [3.8, 4) is 5.75 Å². The second-order valence-electron chi connectivity index (χ2n) is 4.80. The average Bonchev–Trinajstić information content (AvgIpc) is 2.29. The van der Waals surface area contributed by atoms with Gasteiger partial charge in [0.2, 0.25) is 0 Å². The van der Waals surface area contributed by atoms with Crippen LogP contribution in [-0.4, -0.2) is 6.10 Å². The molecule has 0 saturated heterocycles. The van der Waals surface area contributed by atoms with Crippen molar-refractivity contribution < 1.29 is 13.5 Å². The highest BCUT2D eigenvalue weighted by atomic mass is 19.1. The van der Waals surface area contributed by atoms with Gasteiger partial charge in [-0.15, -0.1) is 0 Å². The fourth-order valence-corrected chi connectivity index (χ4v) is 2.16. The molecule has 1 aliphatic carbocycles. The maximum absolute atomic E-state index is 13.5. The maximum atomic E-state index is 13.5. The molecule has 94 valence electrons. The van der Waals surface area contributed by atoms with Crippen molar-refractivity contribution in [2.45, 2.75) is 38.7 Å². The molecule has 2 rings (SSSR count). The molecule has 2 N–H and O–H groups in total. The zero-order valence-corrected chi connectivity index (χ0v) is 9.88. The molecule has 0 bridgehead atoms. The molecular weight excluding hydrogens is 224 g/mol. The van der Waals surface area contributed by atoms with E-state index in [4.69, 9.17) is 10.5 Å². The quantitative estimate of drug-likeness (QED) is 0.804. The van der Waals surface area contributed by atoms with Crippen LogP contribution in [0.25, 0.3) is 0 Å². The van der Waals surface area contributed by atoms with Crippen LogP contribution in [0.1, 0.15) is 32.6 Å². The number of benzene rings is 1. The molecule has 0 aliphatic heterocycles. The number of hydrogen-bond donors (Lipinski definition) is 1. The molecule has 17 heavy (non-hydrogen) atoms. The van der Waals surface area contributed by atoms with E-state index in [1.54, 1.807) is 0 Å². The number of hydrogen-bond acceptors (Lipinski definition) is 2. The minimum absolute atomic E-state index is 0.0104. The Bertz CT molecular complexity index is 401. The van der Waals surface area contributed by atoms with E-state index in [0.717, 1.165) is 37.8 Å². The Kier molecular flexibility index (Phi) is 3.50. The molecule has 0 unspecified atom stereocenters. The van der Waals surface area contributed by atoms with Gasteiger partial charge in [-0.1, -0.05) is 6.92 Å². The zero-order chi connectivity index (χ0) is 12.4. The zero-order valence-electron chi connectivity index (χ0n) is 9.88. The van der Waals surface area contributed by atoms with Gasteiger partial charge in [-0.25, -0.2) is 8.78 Å². The highest BCUT2D eigenvalue weighted by molar-refractivity contribution is 5.44. The highest BCUT2D eigenvalue weighted by Gasteiger charge is 2.21. The van der Waals surface area contributed by atoms with Crippen LogP contribution in [0.3, 0.4) is 0 Å². The van der Waals surface area contributed by atoms with E-state index in [0.29, 0.717) is 5.92 Å². The molecule has 1 aromatic carbocycles. The Labute approximate surface area is 99.8 Å². The first-order valence-corrected chi connectivity index (χ1v) is 5.97. The first-order chi connectivity index (χ1) is 8.06. The van der Waals surface area contributed by atoms with Crippen LogP contribution in [0.15, 0.2) is 12.1 Å². The lowest BCUT2D eigenvalue weighted by Crippen LogP contribution is -2.23. The fraction of sp³-hybridized carbons (Fsp3) is 0.538. The molecular formula is C13H17F2NO. The summed E-state index contributed by atoms with van der Waals surface area (Å²) in [5.74, 6) is -0.563. The minimum Gasteiger partial charge on any atom is -0.487 e. The third-order valence-corrected chi connectivity index (χ3v) is 3.31. The van der Waals surface area contributed by atoms with Crippen LogP contribution in [0.5, 0.6) is 5.75 Å². The predicted octanol–water partition coefficient (Wildman–Crippen LogP) is 3.50. The second-order valence-corrected chi connectivity index (χ2v) is 4.80. The smallest absolute Gasteiger partial charge is 0.167 e. The Morgan fingerprint density at radius 3 is 2.41 bits per heavy atom. The van der Waals surface area contributed by atoms with Gasteiger partial charge < -0.3 is 10.5 Å². The highest BCUT2D eigenvalue weighted by Crippen LogP contribution is 2.29. The number of halogens is 2. The fourth-order valence-electron chi connectivity index (χ4n) is 2.16. The number of nitrogens with two attached hydrogens (primary N) is 1. The molecule has 0 amide bonds. The molecule has 1 aromatic rings. The van der Waals surface area contributed by atoms with Crippen LogP contribution in [0.4, 0.5) is 14.5 Å².